The van der Waals surface area contributed by atoms with Gasteiger partial charge >= 0.3 is 6.09 Å². The minimum atomic E-state index is -1.39. The van der Waals surface area contributed by atoms with Gasteiger partial charge in [0.05, 0.1) is 11.3 Å². The average Bonchev–Trinajstić information content (AvgIpc) is 2.33. The highest BCUT2D eigenvalue weighted by Gasteiger charge is 2.33. The number of amides is 1. The Kier molecular flexibility index (Phi) is 6.12. The van der Waals surface area contributed by atoms with Gasteiger partial charge in [-0.2, -0.15) is 4.40 Å². The highest BCUT2D eigenvalue weighted by molar-refractivity contribution is 7.85. The molecule has 3 atom stereocenters. The first-order valence-corrected chi connectivity index (χ1v) is 8.59. The van der Waals surface area contributed by atoms with Gasteiger partial charge in [0, 0.05) is 18.7 Å². The van der Waals surface area contributed by atoms with Gasteiger partial charge in [-0.3, -0.25) is 0 Å². The molecule has 1 amide bonds. The zero-order valence-corrected chi connectivity index (χ0v) is 15.1. The van der Waals surface area contributed by atoms with E-state index in [2.05, 4.69) is 4.40 Å². The second-order valence-electron chi connectivity index (χ2n) is 7.51. The molecule has 0 spiro atoms. The molecule has 0 bridgehead atoms. The summed E-state index contributed by atoms with van der Waals surface area (Å²) in [6.07, 6.45) is 0.176. The predicted octanol–water partition coefficient (Wildman–Crippen LogP) is 3.11. The van der Waals surface area contributed by atoms with Crippen LogP contribution in [-0.2, 0) is 15.7 Å². The monoisotopic (exact) mass is 334 g/mol. The van der Waals surface area contributed by atoms with Crippen LogP contribution in [0.1, 0.15) is 48.0 Å². The molecule has 0 aromatic rings. The molecule has 22 heavy (non-hydrogen) atoms. The molecule has 1 fully saturated rings. The second kappa shape index (κ2) is 7.06. The van der Waals surface area contributed by atoms with E-state index >= 15 is 0 Å². The smallest absolute Gasteiger partial charge is 0.410 e. The summed E-state index contributed by atoms with van der Waals surface area (Å²) in [7, 11) is -1.39. The lowest BCUT2D eigenvalue weighted by Gasteiger charge is -2.34. The van der Waals surface area contributed by atoms with E-state index in [0.717, 1.165) is 0 Å². The quantitative estimate of drug-likeness (QED) is 0.729. The first-order chi connectivity index (χ1) is 9.90. The van der Waals surface area contributed by atoms with E-state index in [-0.39, 0.29) is 6.54 Å². The summed E-state index contributed by atoms with van der Waals surface area (Å²) in [6, 6.07) is 0. The van der Waals surface area contributed by atoms with E-state index in [0.29, 0.717) is 13.0 Å². The number of rotatable bonds is 2. The average molecular weight is 334 g/mol. The summed E-state index contributed by atoms with van der Waals surface area (Å²) in [6.45, 7) is 11.2. The fraction of sp³-hybridized carbons (Fsp3) is 0.867. The molecule has 0 radical (unpaired) electrons. The lowest BCUT2D eigenvalue weighted by Crippen LogP contribution is -2.47. The Balaban J connectivity index is 2.58. The van der Waals surface area contributed by atoms with Gasteiger partial charge in [0.25, 0.3) is 0 Å². The number of nitrogens with zero attached hydrogens (tertiary/aromatic N) is 2. The number of ether oxygens (including phenoxy) is 1. The summed E-state index contributed by atoms with van der Waals surface area (Å²) in [5.74, 6) is -0.412. The van der Waals surface area contributed by atoms with Crippen LogP contribution < -0.4 is 0 Å². The van der Waals surface area contributed by atoms with Gasteiger partial charge in [0.2, 0.25) is 0 Å². The van der Waals surface area contributed by atoms with Crippen molar-refractivity contribution in [2.24, 2.45) is 10.3 Å². The first-order valence-electron chi connectivity index (χ1n) is 7.48. The Morgan fingerprint density at radius 3 is 2.36 bits per heavy atom. The maximum Gasteiger partial charge on any atom is 0.410 e. The van der Waals surface area contributed by atoms with Crippen molar-refractivity contribution in [2.75, 3.05) is 13.1 Å². The SMILES string of the molecule is CC(C)(C)OC(=O)N1CC[C@H](/C=N/[S@](=O)C(C)(C)C)[C@H](F)C1. The summed E-state index contributed by atoms with van der Waals surface area (Å²) < 4.78 is 34.8. The van der Waals surface area contributed by atoms with Crippen molar-refractivity contribution in [2.45, 2.75) is 64.5 Å². The predicted molar refractivity (Wildman–Crippen MR) is 87.2 cm³/mol. The van der Waals surface area contributed by atoms with E-state index in [1.54, 1.807) is 20.8 Å². The molecule has 0 saturated carbocycles. The number of piperidine rings is 1. The number of hydrogen-bond donors (Lipinski definition) is 0. The second-order valence-corrected chi connectivity index (χ2v) is 9.44. The molecule has 0 N–H and O–H groups in total. The van der Waals surface area contributed by atoms with Gasteiger partial charge in [-0.05, 0) is 48.0 Å². The summed E-state index contributed by atoms with van der Waals surface area (Å²) in [5.41, 5.74) is -0.592. The van der Waals surface area contributed by atoms with E-state index < -0.39 is 39.5 Å². The van der Waals surface area contributed by atoms with Crippen LogP contribution in [0.3, 0.4) is 0 Å². The Morgan fingerprint density at radius 1 is 1.32 bits per heavy atom. The largest absolute Gasteiger partial charge is 0.444 e. The fourth-order valence-electron chi connectivity index (χ4n) is 1.87. The molecular weight excluding hydrogens is 307 g/mol. The maximum atomic E-state index is 14.2. The topological polar surface area (TPSA) is 59.0 Å². The van der Waals surface area contributed by atoms with Crippen molar-refractivity contribution in [1.29, 1.82) is 0 Å². The molecule has 0 aromatic heterocycles. The Morgan fingerprint density at radius 2 is 1.91 bits per heavy atom. The number of alkyl halides is 1. The van der Waals surface area contributed by atoms with E-state index in [1.807, 2.05) is 20.8 Å². The van der Waals surface area contributed by atoms with Crippen molar-refractivity contribution in [1.82, 2.24) is 4.90 Å². The van der Waals surface area contributed by atoms with Gasteiger partial charge in [0.1, 0.15) is 22.8 Å². The molecular formula is C15H27FN2O3S. The van der Waals surface area contributed by atoms with Crippen molar-refractivity contribution < 1.29 is 18.1 Å². The molecule has 1 aliphatic heterocycles. The summed E-state index contributed by atoms with van der Waals surface area (Å²) in [5, 5.41) is 0. The van der Waals surface area contributed by atoms with Crippen molar-refractivity contribution in [3.05, 3.63) is 0 Å². The molecule has 1 rings (SSSR count). The van der Waals surface area contributed by atoms with Gasteiger partial charge < -0.3 is 9.64 Å². The lowest BCUT2D eigenvalue weighted by atomic mass is 9.96. The molecule has 7 heteroatoms. The molecule has 5 nitrogen and oxygen atoms in total. The van der Waals surface area contributed by atoms with Crippen LogP contribution in [0.15, 0.2) is 4.40 Å². The Labute approximate surface area is 134 Å². The third-order valence-electron chi connectivity index (χ3n) is 3.12. The van der Waals surface area contributed by atoms with Gasteiger partial charge in [-0.25, -0.2) is 13.4 Å². The third-order valence-corrected chi connectivity index (χ3v) is 4.48. The number of carbonyl (C=O) groups is 1. The normalized spacial score (nSPS) is 25.3. The maximum absolute atomic E-state index is 14.2. The van der Waals surface area contributed by atoms with E-state index in [9.17, 15) is 13.4 Å². The number of likely N-dealkylation sites (tertiary alicyclic amines) is 1. The highest BCUT2D eigenvalue weighted by Crippen LogP contribution is 2.22. The zero-order valence-electron chi connectivity index (χ0n) is 14.3. The Hall–Kier alpha value is -0.980. The molecule has 1 aliphatic rings. The van der Waals surface area contributed by atoms with E-state index in [4.69, 9.17) is 4.74 Å². The third kappa shape index (κ3) is 6.02. The number of carbonyl (C=O) groups excluding carboxylic acids is 1. The van der Waals surface area contributed by atoms with Crippen LogP contribution in [0.25, 0.3) is 0 Å². The van der Waals surface area contributed by atoms with Crippen LogP contribution in [-0.4, -0.2) is 51.0 Å². The minimum absolute atomic E-state index is 0.0201. The van der Waals surface area contributed by atoms with Crippen LogP contribution in [0, 0.1) is 5.92 Å². The fourth-order valence-corrected chi connectivity index (χ4v) is 2.46. The van der Waals surface area contributed by atoms with Crippen molar-refractivity contribution in [3.63, 3.8) is 0 Å². The Bertz CT molecular complexity index is 455. The molecule has 1 saturated heterocycles. The van der Waals surface area contributed by atoms with Crippen LogP contribution in [0.5, 0.6) is 0 Å². The zero-order chi connectivity index (χ0) is 17.1. The molecule has 1 heterocycles. The number of halogens is 1. The molecule has 128 valence electrons. The lowest BCUT2D eigenvalue weighted by molar-refractivity contribution is 0.0106. The number of hydrogen-bond acceptors (Lipinski definition) is 3. The molecule has 0 aromatic carbocycles. The van der Waals surface area contributed by atoms with Crippen LogP contribution >= 0.6 is 0 Å². The van der Waals surface area contributed by atoms with Gasteiger partial charge in [0.15, 0.2) is 0 Å². The van der Waals surface area contributed by atoms with Crippen LogP contribution in [0.4, 0.5) is 9.18 Å². The molecule has 0 aliphatic carbocycles. The van der Waals surface area contributed by atoms with Gasteiger partial charge in [-0.15, -0.1) is 0 Å². The van der Waals surface area contributed by atoms with Gasteiger partial charge in [-0.1, -0.05) is 0 Å². The standard InChI is InChI=1S/C15H27FN2O3S/c1-14(2,3)21-13(19)18-8-7-11(12(16)10-18)9-17-22(20)15(4,5)6/h9,11-12H,7-8,10H2,1-6H3/b17-9+/t11-,12-,22-/m1/s1. The van der Waals surface area contributed by atoms with E-state index in [1.165, 1.54) is 11.1 Å². The van der Waals surface area contributed by atoms with Crippen LogP contribution in [0.2, 0.25) is 0 Å². The van der Waals surface area contributed by atoms with Crippen molar-refractivity contribution in [3.8, 4) is 0 Å². The first kappa shape index (κ1) is 19.1. The molecule has 0 unspecified atom stereocenters. The highest BCUT2D eigenvalue weighted by atomic mass is 32.2. The minimum Gasteiger partial charge on any atom is -0.444 e. The van der Waals surface area contributed by atoms with Crippen molar-refractivity contribution >= 4 is 23.3 Å². The summed E-state index contributed by atoms with van der Waals surface area (Å²) in [4.78, 5) is 13.3. The summed E-state index contributed by atoms with van der Waals surface area (Å²) >= 11 is 0.